The van der Waals surface area contributed by atoms with Crippen molar-refractivity contribution in [3.8, 4) is 0 Å². The molecule has 1 amide bonds. The van der Waals surface area contributed by atoms with E-state index in [2.05, 4.69) is 57.3 Å². The van der Waals surface area contributed by atoms with Gasteiger partial charge in [-0.25, -0.2) is 9.78 Å². The normalized spacial score (nSPS) is 17.1. The van der Waals surface area contributed by atoms with Crippen molar-refractivity contribution in [3.05, 3.63) is 75.0 Å². The Balaban J connectivity index is 1.79. The molecule has 43 heavy (non-hydrogen) atoms. The average Bonchev–Trinajstić information content (AvgIpc) is 3.42. The summed E-state index contributed by atoms with van der Waals surface area (Å²) in [7, 11) is -2.18. The van der Waals surface area contributed by atoms with Crippen molar-refractivity contribution >= 4 is 60.3 Å². The van der Waals surface area contributed by atoms with E-state index in [1.807, 2.05) is 68.3 Å². The van der Waals surface area contributed by atoms with Crippen LogP contribution in [0.15, 0.2) is 58.9 Å². The molecule has 1 aliphatic rings. The van der Waals surface area contributed by atoms with Crippen molar-refractivity contribution in [2.45, 2.75) is 103 Å². The minimum Gasteiger partial charge on any atom is -0.444 e. The Morgan fingerprint density at radius 1 is 1.07 bits per heavy atom. The van der Waals surface area contributed by atoms with Crippen LogP contribution in [0.2, 0.25) is 21.6 Å². The predicted octanol–water partition coefficient (Wildman–Crippen LogP) is 9.21. The fraction of sp³-hybridized carbons (Fsp3) is 0.500. The molecule has 3 aromatic rings. The number of aliphatic hydroxyl groups is 1. The molecule has 0 radical (unpaired) electrons. The second-order valence-electron chi connectivity index (χ2n) is 13.1. The van der Waals surface area contributed by atoms with Crippen LogP contribution in [0.25, 0.3) is 11.0 Å². The number of hydrogen-bond acceptors (Lipinski definition) is 6. The third-order valence-electron chi connectivity index (χ3n) is 8.21. The predicted molar refractivity (Wildman–Crippen MR) is 182 cm³/mol. The number of halogens is 2. The Morgan fingerprint density at radius 2 is 1.67 bits per heavy atom. The summed E-state index contributed by atoms with van der Waals surface area (Å²) in [6, 6.07) is 11.4. The zero-order chi connectivity index (χ0) is 31.9. The standard InChI is InChI=1S/C32H44Cl2N4O3SSi/c1-19(2)43(20(3)4,21(5)6)38-18-25(24-11-10-16-35-29(24)38)26(39)27-28(34)37(17-22-12-14-23(33)15-13-22)30(42-27)36-31(40)41-32(7,8)9/h10-16,18-21,26,30,39H,17H2,1-9H3,(H,36,40). The number of alkyl carbamates (subject to hydrolysis) is 1. The zero-order valence-electron chi connectivity index (χ0n) is 26.5. The first kappa shape index (κ1) is 33.7. The molecule has 11 heteroatoms. The maximum absolute atomic E-state index is 12.9. The van der Waals surface area contributed by atoms with Crippen molar-refractivity contribution in [2.24, 2.45) is 0 Å². The van der Waals surface area contributed by atoms with E-state index < -0.39 is 31.5 Å². The lowest BCUT2D eigenvalue weighted by molar-refractivity contribution is 0.0489. The Morgan fingerprint density at radius 3 is 2.23 bits per heavy atom. The number of nitrogens with one attached hydrogen (secondary N) is 1. The van der Waals surface area contributed by atoms with Crippen molar-refractivity contribution in [3.63, 3.8) is 0 Å². The summed E-state index contributed by atoms with van der Waals surface area (Å²) in [6.45, 7) is 19.7. The van der Waals surface area contributed by atoms with Gasteiger partial charge in [-0.3, -0.25) is 5.32 Å². The van der Waals surface area contributed by atoms with Crippen LogP contribution in [0.3, 0.4) is 0 Å². The number of pyridine rings is 1. The molecule has 3 heterocycles. The topological polar surface area (TPSA) is 79.6 Å². The molecule has 0 aliphatic carbocycles. The number of rotatable bonds is 9. The third kappa shape index (κ3) is 6.76. The van der Waals surface area contributed by atoms with Gasteiger partial charge in [-0.05, 0) is 67.2 Å². The summed E-state index contributed by atoms with van der Waals surface area (Å²) in [5.74, 6) is 0. The second-order valence-corrected chi connectivity index (χ2v) is 20.7. The van der Waals surface area contributed by atoms with Crippen molar-refractivity contribution < 1.29 is 14.6 Å². The van der Waals surface area contributed by atoms with Gasteiger partial charge >= 0.3 is 6.09 Å². The Bertz CT molecular complexity index is 1460. The van der Waals surface area contributed by atoms with Crippen LogP contribution in [0.4, 0.5) is 4.79 Å². The van der Waals surface area contributed by atoms with E-state index in [9.17, 15) is 9.90 Å². The molecule has 1 aromatic carbocycles. The van der Waals surface area contributed by atoms with Gasteiger partial charge in [0.15, 0.2) is 13.7 Å². The molecule has 0 spiro atoms. The molecule has 0 bridgehead atoms. The largest absolute Gasteiger partial charge is 0.444 e. The number of amides is 1. The van der Waals surface area contributed by atoms with Crippen molar-refractivity contribution in [1.29, 1.82) is 0 Å². The first-order valence-corrected chi connectivity index (χ1v) is 18.6. The van der Waals surface area contributed by atoms with Crippen molar-refractivity contribution in [2.75, 3.05) is 0 Å². The second kappa shape index (κ2) is 13.1. The van der Waals surface area contributed by atoms with Gasteiger partial charge in [0.2, 0.25) is 0 Å². The zero-order valence-corrected chi connectivity index (χ0v) is 29.8. The number of fused-ring (bicyclic) bond motifs is 1. The van der Waals surface area contributed by atoms with Gasteiger partial charge in [0.25, 0.3) is 0 Å². The summed E-state index contributed by atoms with van der Waals surface area (Å²) >= 11 is 14.5. The summed E-state index contributed by atoms with van der Waals surface area (Å²) in [6.07, 6.45) is 2.35. The smallest absolute Gasteiger partial charge is 0.409 e. The fourth-order valence-corrected chi connectivity index (χ4v) is 15.0. The first-order valence-electron chi connectivity index (χ1n) is 14.8. The van der Waals surface area contributed by atoms with E-state index in [0.717, 1.165) is 22.2 Å². The molecular weight excluding hydrogens is 619 g/mol. The lowest BCUT2D eigenvalue weighted by atomic mass is 10.1. The highest BCUT2D eigenvalue weighted by Gasteiger charge is 2.47. The number of aliphatic hydroxyl groups excluding tert-OH is 1. The van der Waals surface area contributed by atoms with Gasteiger partial charge < -0.3 is 19.0 Å². The van der Waals surface area contributed by atoms with Gasteiger partial charge in [-0.1, -0.05) is 88.6 Å². The molecule has 0 saturated heterocycles. The fourth-order valence-electron chi connectivity index (χ4n) is 6.68. The number of carbonyl (C=O) groups excluding carboxylic acids is 1. The number of carbonyl (C=O) groups is 1. The number of nitrogens with zero attached hydrogens (tertiary/aromatic N) is 3. The van der Waals surface area contributed by atoms with Gasteiger partial charge in [0.1, 0.15) is 22.5 Å². The molecule has 1 aliphatic heterocycles. The maximum Gasteiger partial charge on any atom is 0.409 e. The molecule has 2 N–H and O–H groups in total. The summed E-state index contributed by atoms with van der Waals surface area (Å²) in [5, 5.41) is 16.9. The molecule has 2 aromatic heterocycles. The van der Waals surface area contributed by atoms with E-state index in [1.54, 1.807) is 0 Å². The Hall–Kier alpha value is -2.17. The number of aromatic nitrogens is 2. The maximum atomic E-state index is 12.9. The van der Waals surface area contributed by atoms with E-state index in [0.29, 0.717) is 38.3 Å². The van der Waals surface area contributed by atoms with Gasteiger partial charge in [0, 0.05) is 34.9 Å². The Kier molecular flexibility index (Phi) is 10.2. The molecular formula is C32H44Cl2N4O3SSi. The summed E-state index contributed by atoms with van der Waals surface area (Å²) < 4.78 is 7.97. The van der Waals surface area contributed by atoms with Crippen LogP contribution in [0.5, 0.6) is 0 Å². The highest BCUT2D eigenvalue weighted by atomic mass is 35.5. The van der Waals surface area contributed by atoms with Crippen LogP contribution in [-0.2, 0) is 11.3 Å². The lowest BCUT2D eigenvalue weighted by Gasteiger charge is -2.44. The summed E-state index contributed by atoms with van der Waals surface area (Å²) in [5.41, 5.74) is 2.67. The minimum absolute atomic E-state index is 0.374. The van der Waals surface area contributed by atoms with Crippen LogP contribution >= 0.6 is 35.0 Å². The lowest BCUT2D eigenvalue weighted by Crippen LogP contribution is -2.51. The van der Waals surface area contributed by atoms with Gasteiger partial charge in [-0.15, -0.1) is 0 Å². The average molecular weight is 664 g/mol. The molecule has 4 rings (SSSR count). The molecule has 7 nitrogen and oxygen atoms in total. The third-order valence-corrected chi connectivity index (χ3v) is 17.0. The van der Waals surface area contributed by atoms with Crippen LogP contribution in [0.1, 0.15) is 79.5 Å². The van der Waals surface area contributed by atoms with E-state index in [4.69, 9.17) is 32.9 Å². The molecule has 2 atom stereocenters. The molecule has 0 saturated carbocycles. The van der Waals surface area contributed by atoms with Crippen LogP contribution in [-0.4, -0.2) is 44.7 Å². The first-order chi connectivity index (χ1) is 20.1. The van der Waals surface area contributed by atoms with Crippen molar-refractivity contribution in [1.82, 2.24) is 19.4 Å². The van der Waals surface area contributed by atoms with Gasteiger partial charge in [-0.2, -0.15) is 0 Å². The Labute approximate surface area is 271 Å². The van der Waals surface area contributed by atoms with Crippen LogP contribution < -0.4 is 5.32 Å². The monoisotopic (exact) mass is 662 g/mol. The number of ether oxygens (including phenoxy) is 1. The van der Waals surface area contributed by atoms with Crippen LogP contribution in [0, 0.1) is 0 Å². The highest BCUT2D eigenvalue weighted by Crippen LogP contribution is 2.49. The minimum atomic E-state index is -2.18. The molecule has 234 valence electrons. The van der Waals surface area contributed by atoms with E-state index in [1.165, 1.54) is 11.8 Å². The highest BCUT2D eigenvalue weighted by molar-refractivity contribution is 8.04. The van der Waals surface area contributed by atoms with E-state index in [-0.39, 0.29) is 0 Å². The van der Waals surface area contributed by atoms with Gasteiger partial charge in [0.05, 0.1) is 4.91 Å². The van der Waals surface area contributed by atoms with E-state index >= 15 is 0 Å². The number of hydrogen-bond donors (Lipinski definition) is 2. The number of benzene rings is 1. The summed E-state index contributed by atoms with van der Waals surface area (Å²) in [4.78, 5) is 20.1. The number of thioether (sulfide) groups is 1. The molecule has 2 unspecified atom stereocenters. The quantitative estimate of drug-likeness (QED) is 0.176. The molecule has 0 fully saturated rings. The SMILES string of the molecule is CC(C)[Si](C(C)C)(C(C)C)n1cc(C(O)C2=C(Cl)N(Cc3ccc(Cl)cc3)C(NC(=O)OC(C)(C)C)S2)c2cccnc21.